The van der Waals surface area contributed by atoms with Crippen molar-refractivity contribution in [1.29, 1.82) is 5.26 Å². The molecule has 4 N–H and O–H groups in total. The molecule has 1 aromatic carbocycles. The molecule has 0 aliphatic heterocycles. The van der Waals surface area contributed by atoms with Crippen LogP contribution < -0.4 is 5.32 Å². The van der Waals surface area contributed by atoms with Gasteiger partial charge < -0.3 is 15.5 Å². The molecule has 10 nitrogen and oxygen atoms in total. The molecular weight excluding hydrogens is 328 g/mol. The Bertz CT molecular complexity index is 808. The first-order valence-electron chi connectivity index (χ1n) is 7.13. The SMILES string of the molecule is N#CC(=CNc1ccc(CC(CC(=O)O)C(=O)O)cc1)c1nn[nH]n1. The van der Waals surface area contributed by atoms with Crippen molar-refractivity contribution in [2.24, 2.45) is 5.92 Å². The Morgan fingerprint density at radius 3 is 2.56 bits per heavy atom. The fourth-order valence-electron chi connectivity index (χ4n) is 2.06. The van der Waals surface area contributed by atoms with Crippen LogP contribution in [0.25, 0.3) is 5.57 Å². The molecule has 10 heteroatoms. The maximum atomic E-state index is 11.1. The lowest BCUT2D eigenvalue weighted by Gasteiger charge is -2.10. The second kappa shape index (κ2) is 8.21. The fraction of sp³-hybridized carbons (Fsp3) is 0.200. The Hall–Kier alpha value is -3.74. The number of carbonyl (C=O) groups is 2. The van der Waals surface area contributed by atoms with Crippen LogP contribution in [0.5, 0.6) is 0 Å². The number of allylic oxidation sites excluding steroid dienone is 1. The number of tetrazole rings is 1. The number of H-pyrrole nitrogens is 1. The van der Waals surface area contributed by atoms with Gasteiger partial charge in [-0.25, -0.2) is 0 Å². The number of carboxylic acids is 2. The smallest absolute Gasteiger partial charge is 0.307 e. The summed E-state index contributed by atoms with van der Waals surface area (Å²) in [7, 11) is 0. The first-order chi connectivity index (χ1) is 12.0. The summed E-state index contributed by atoms with van der Waals surface area (Å²) in [6.07, 6.45) is 1.10. The van der Waals surface area contributed by atoms with Gasteiger partial charge in [-0.3, -0.25) is 9.59 Å². The summed E-state index contributed by atoms with van der Waals surface area (Å²) in [5.74, 6) is -3.13. The van der Waals surface area contributed by atoms with Gasteiger partial charge in [-0.15, -0.1) is 10.2 Å². The van der Waals surface area contributed by atoms with E-state index in [4.69, 9.17) is 15.5 Å². The molecule has 1 atom stereocenters. The van der Waals surface area contributed by atoms with Gasteiger partial charge in [-0.2, -0.15) is 10.5 Å². The number of nitrogens with zero attached hydrogens (tertiary/aromatic N) is 4. The summed E-state index contributed by atoms with van der Waals surface area (Å²) < 4.78 is 0. The van der Waals surface area contributed by atoms with Crippen LogP contribution in [0.3, 0.4) is 0 Å². The van der Waals surface area contributed by atoms with E-state index in [9.17, 15) is 9.59 Å². The molecule has 0 saturated heterocycles. The van der Waals surface area contributed by atoms with Crippen molar-refractivity contribution in [3.8, 4) is 6.07 Å². The third-order valence-corrected chi connectivity index (χ3v) is 3.30. The van der Waals surface area contributed by atoms with Crippen molar-refractivity contribution in [2.45, 2.75) is 12.8 Å². The molecule has 0 fully saturated rings. The third kappa shape index (κ3) is 5.14. The van der Waals surface area contributed by atoms with Gasteiger partial charge in [-0.05, 0) is 29.3 Å². The van der Waals surface area contributed by atoms with E-state index < -0.39 is 24.3 Å². The van der Waals surface area contributed by atoms with E-state index in [1.54, 1.807) is 24.3 Å². The zero-order valence-corrected chi connectivity index (χ0v) is 12.9. The Morgan fingerprint density at radius 1 is 1.32 bits per heavy atom. The number of nitriles is 1. The lowest BCUT2D eigenvalue weighted by molar-refractivity contribution is -0.148. The molecule has 1 heterocycles. The van der Waals surface area contributed by atoms with Gasteiger partial charge in [0.1, 0.15) is 11.6 Å². The van der Waals surface area contributed by atoms with E-state index in [1.165, 1.54) is 6.20 Å². The highest BCUT2D eigenvalue weighted by molar-refractivity contribution is 5.78. The van der Waals surface area contributed by atoms with Crippen LogP contribution in [0, 0.1) is 17.2 Å². The summed E-state index contributed by atoms with van der Waals surface area (Å²) in [6, 6.07) is 8.70. The predicted molar refractivity (Wildman–Crippen MR) is 84.9 cm³/mol. The Labute approximate surface area is 141 Å². The van der Waals surface area contributed by atoms with E-state index in [1.807, 2.05) is 6.07 Å². The predicted octanol–water partition coefficient (Wildman–Crippen LogP) is 0.894. The summed E-state index contributed by atoms with van der Waals surface area (Å²) in [5.41, 5.74) is 1.54. The van der Waals surface area contributed by atoms with E-state index in [0.717, 1.165) is 0 Å². The summed E-state index contributed by atoms with van der Waals surface area (Å²) in [4.78, 5) is 21.8. The lowest BCUT2D eigenvalue weighted by Crippen LogP contribution is -2.20. The van der Waals surface area contributed by atoms with Crippen molar-refractivity contribution in [1.82, 2.24) is 20.6 Å². The molecule has 0 amide bonds. The van der Waals surface area contributed by atoms with Gasteiger partial charge >= 0.3 is 11.9 Å². The highest BCUT2D eigenvalue weighted by atomic mass is 16.4. The zero-order valence-electron chi connectivity index (χ0n) is 12.9. The van der Waals surface area contributed by atoms with Crippen LogP contribution in [-0.4, -0.2) is 42.8 Å². The van der Waals surface area contributed by atoms with Gasteiger partial charge in [0.2, 0.25) is 5.82 Å². The second-order valence-corrected chi connectivity index (χ2v) is 5.08. The van der Waals surface area contributed by atoms with Crippen molar-refractivity contribution in [3.05, 3.63) is 41.9 Å². The number of carboxylic acid groups (broad SMARTS) is 2. The van der Waals surface area contributed by atoms with Gasteiger partial charge in [0, 0.05) is 11.9 Å². The van der Waals surface area contributed by atoms with Gasteiger partial charge in [0.25, 0.3) is 0 Å². The molecule has 0 aliphatic rings. The molecule has 0 aliphatic carbocycles. The number of aliphatic carboxylic acids is 2. The van der Waals surface area contributed by atoms with Crippen LogP contribution in [0.15, 0.2) is 30.5 Å². The second-order valence-electron chi connectivity index (χ2n) is 5.08. The van der Waals surface area contributed by atoms with Gasteiger partial charge in [0.05, 0.1) is 12.3 Å². The Balaban J connectivity index is 2.03. The molecule has 0 bridgehead atoms. The maximum Gasteiger partial charge on any atom is 0.307 e. The zero-order chi connectivity index (χ0) is 18.2. The minimum Gasteiger partial charge on any atom is -0.481 e. The number of benzene rings is 1. The minimum atomic E-state index is -1.15. The number of aromatic nitrogens is 4. The summed E-state index contributed by atoms with van der Waals surface area (Å²) in [6.45, 7) is 0. The standard InChI is InChI=1S/C15H14N6O4/c16-7-11(14-18-20-21-19-14)8-17-12-3-1-9(2-4-12)5-10(15(24)25)6-13(22)23/h1-4,8,10,17H,5-6H2,(H,22,23)(H,24,25)(H,18,19,20,21). The molecule has 2 aromatic rings. The summed E-state index contributed by atoms with van der Waals surface area (Å²) >= 11 is 0. The molecular formula is C15H14N6O4. The Morgan fingerprint density at radius 2 is 2.04 bits per heavy atom. The van der Waals surface area contributed by atoms with Gasteiger partial charge in [-0.1, -0.05) is 12.1 Å². The minimum absolute atomic E-state index is 0.115. The highest BCUT2D eigenvalue weighted by Gasteiger charge is 2.21. The van der Waals surface area contributed by atoms with E-state index in [0.29, 0.717) is 11.3 Å². The van der Waals surface area contributed by atoms with E-state index in [-0.39, 0.29) is 17.8 Å². The number of rotatable bonds is 8. The molecule has 2 rings (SSSR count). The van der Waals surface area contributed by atoms with Gasteiger partial charge in [0.15, 0.2) is 0 Å². The number of hydrogen-bond donors (Lipinski definition) is 4. The number of hydrogen-bond acceptors (Lipinski definition) is 7. The molecule has 128 valence electrons. The van der Waals surface area contributed by atoms with Crippen LogP contribution in [-0.2, 0) is 16.0 Å². The molecule has 1 unspecified atom stereocenters. The average Bonchev–Trinajstić information content (AvgIpc) is 3.10. The normalized spacial score (nSPS) is 12.2. The monoisotopic (exact) mass is 342 g/mol. The molecule has 25 heavy (non-hydrogen) atoms. The topological polar surface area (TPSA) is 165 Å². The summed E-state index contributed by atoms with van der Waals surface area (Å²) in [5, 5.41) is 42.8. The van der Waals surface area contributed by atoms with Crippen LogP contribution in [0.4, 0.5) is 5.69 Å². The van der Waals surface area contributed by atoms with Crippen molar-refractivity contribution in [2.75, 3.05) is 5.32 Å². The molecule has 1 aromatic heterocycles. The highest BCUT2D eigenvalue weighted by Crippen LogP contribution is 2.17. The molecule has 0 saturated carbocycles. The van der Waals surface area contributed by atoms with Crippen molar-refractivity contribution in [3.63, 3.8) is 0 Å². The number of anilines is 1. The maximum absolute atomic E-state index is 11.1. The average molecular weight is 342 g/mol. The van der Waals surface area contributed by atoms with Crippen LogP contribution in [0.1, 0.15) is 17.8 Å². The molecule has 0 spiro atoms. The van der Waals surface area contributed by atoms with Crippen molar-refractivity contribution >= 4 is 23.2 Å². The third-order valence-electron chi connectivity index (χ3n) is 3.30. The number of aromatic amines is 1. The van der Waals surface area contributed by atoms with Crippen molar-refractivity contribution < 1.29 is 19.8 Å². The largest absolute Gasteiger partial charge is 0.481 e. The fourth-order valence-corrected chi connectivity index (χ4v) is 2.06. The quantitative estimate of drug-likeness (QED) is 0.510. The van der Waals surface area contributed by atoms with E-state index >= 15 is 0 Å². The number of nitrogens with one attached hydrogen (secondary N) is 2. The first kappa shape index (κ1) is 17.6. The first-order valence-corrected chi connectivity index (χ1v) is 7.13. The van der Waals surface area contributed by atoms with E-state index in [2.05, 4.69) is 25.9 Å². The Kier molecular flexibility index (Phi) is 5.78. The van der Waals surface area contributed by atoms with Crippen LogP contribution >= 0.6 is 0 Å². The van der Waals surface area contributed by atoms with Crippen LogP contribution in [0.2, 0.25) is 0 Å². The lowest BCUT2D eigenvalue weighted by atomic mass is 9.96. The molecule has 0 radical (unpaired) electrons.